The molecular formula is C16H14O3. The lowest BCUT2D eigenvalue weighted by atomic mass is 9.83. The molecule has 2 unspecified atom stereocenters. The van der Waals surface area contributed by atoms with Crippen LogP contribution in [-0.2, 0) is 0 Å². The molecule has 19 heavy (non-hydrogen) atoms. The van der Waals surface area contributed by atoms with Crippen LogP contribution in [0.3, 0.4) is 0 Å². The molecule has 0 saturated carbocycles. The highest BCUT2D eigenvalue weighted by atomic mass is 16.3. The summed E-state index contributed by atoms with van der Waals surface area (Å²) in [4.78, 5) is 12.1. The van der Waals surface area contributed by atoms with Gasteiger partial charge in [0.05, 0.1) is 16.9 Å². The molecule has 1 aliphatic rings. The molecule has 3 rings (SSSR count). The Kier molecular flexibility index (Phi) is 2.64. The minimum atomic E-state index is -1.05. The van der Waals surface area contributed by atoms with Gasteiger partial charge in [-0.1, -0.05) is 36.4 Å². The van der Waals surface area contributed by atoms with Gasteiger partial charge in [-0.25, -0.2) is 0 Å². The molecule has 0 radical (unpaired) electrons. The second-order valence-corrected chi connectivity index (χ2v) is 4.96. The van der Waals surface area contributed by atoms with Crippen molar-refractivity contribution in [2.75, 3.05) is 0 Å². The topological polar surface area (TPSA) is 50.4 Å². The summed E-state index contributed by atoms with van der Waals surface area (Å²) in [5.74, 6) is 0.129. The molecule has 1 N–H and O–H groups in total. The Hall–Kier alpha value is -2.13. The SMILES string of the molecule is CC1(O)C=CC=CC1c1cc(=O)c2ccccc2o1. The lowest BCUT2D eigenvalue weighted by molar-refractivity contribution is 0.0873. The van der Waals surface area contributed by atoms with Crippen LogP contribution in [0.1, 0.15) is 18.6 Å². The zero-order chi connectivity index (χ0) is 13.5. The first-order chi connectivity index (χ1) is 9.08. The van der Waals surface area contributed by atoms with Crippen molar-refractivity contribution in [3.63, 3.8) is 0 Å². The molecule has 0 aliphatic heterocycles. The Morgan fingerprint density at radius 2 is 2.05 bits per heavy atom. The van der Waals surface area contributed by atoms with E-state index >= 15 is 0 Å². The predicted molar refractivity (Wildman–Crippen MR) is 74.1 cm³/mol. The van der Waals surface area contributed by atoms with Crippen molar-refractivity contribution in [1.29, 1.82) is 0 Å². The fourth-order valence-electron chi connectivity index (χ4n) is 2.38. The van der Waals surface area contributed by atoms with Crippen molar-refractivity contribution >= 4 is 11.0 Å². The number of rotatable bonds is 1. The Morgan fingerprint density at radius 1 is 1.26 bits per heavy atom. The summed E-state index contributed by atoms with van der Waals surface area (Å²) >= 11 is 0. The molecule has 0 amide bonds. The van der Waals surface area contributed by atoms with Gasteiger partial charge < -0.3 is 9.52 Å². The fraction of sp³-hybridized carbons (Fsp3) is 0.188. The van der Waals surface area contributed by atoms with Crippen LogP contribution in [0.5, 0.6) is 0 Å². The number of allylic oxidation sites excluding steroid dienone is 2. The van der Waals surface area contributed by atoms with E-state index in [9.17, 15) is 9.90 Å². The third-order valence-electron chi connectivity index (χ3n) is 3.44. The van der Waals surface area contributed by atoms with Gasteiger partial charge in [0.1, 0.15) is 11.3 Å². The maximum absolute atomic E-state index is 12.1. The molecular weight excluding hydrogens is 240 g/mol. The lowest BCUT2D eigenvalue weighted by Crippen LogP contribution is -2.31. The fourth-order valence-corrected chi connectivity index (χ4v) is 2.38. The highest BCUT2D eigenvalue weighted by molar-refractivity contribution is 5.76. The van der Waals surface area contributed by atoms with Crippen LogP contribution in [0, 0.1) is 0 Å². The van der Waals surface area contributed by atoms with Crippen LogP contribution in [-0.4, -0.2) is 10.7 Å². The quantitative estimate of drug-likeness (QED) is 0.851. The Labute approximate surface area is 110 Å². The van der Waals surface area contributed by atoms with Crippen molar-refractivity contribution in [2.45, 2.75) is 18.4 Å². The molecule has 0 fully saturated rings. The van der Waals surface area contributed by atoms with E-state index in [4.69, 9.17) is 4.42 Å². The van der Waals surface area contributed by atoms with Gasteiger partial charge in [-0.3, -0.25) is 4.79 Å². The zero-order valence-corrected chi connectivity index (χ0v) is 10.5. The molecule has 1 aliphatic carbocycles. The standard InChI is InChI=1S/C16H14O3/c1-16(18)9-5-4-7-12(16)15-10-13(17)11-6-2-3-8-14(11)19-15/h2-10,12,18H,1H3. The Morgan fingerprint density at radius 3 is 2.84 bits per heavy atom. The van der Waals surface area contributed by atoms with Crippen LogP contribution in [0.15, 0.2) is 63.8 Å². The first-order valence-corrected chi connectivity index (χ1v) is 6.19. The summed E-state index contributed by atoms with van der Waals surface area (Å²) in [7, 11) is 0. The monoisotopic (exact) mass is 254 g/mol. The van der Waals surface area contributed by atoms with E-state index in [0.717, 1.165) is 0 Å². The Bertz CT molecular complexity index is 735. The molecule has 3 heteroatoms. The number of aliphatic hydroxyl groups is 1. The Balaban J connectivity index is 2.19. The molecule has 3 nitrogen and oxygen atoms in total. The highest BCUT2D eigenvalue weighted by Gasteiger charge is 2.32. The van der Waals surface area contributed by atoms with Crippen LogP contribution >= 0.6 is 0 Å². The summed E-state index contributed by atoms with van der Waals surface area (Å²) in [5, 5.41) is 10.9. The summed E-state index contributed by atoms with van der Waals surface area (Å²) in [5.41, 5.74) is -0.591. The summed E-state index contributed by atoms with van der Waals surface area (Å²) in [6.45, 7) is 1.70. The third-order valence-corrected chi connectivity index (χ3v) is 3.44. The van der Waals surface area contributed by atoms with Gasteiger partial charge in [0.15, 0.2) is 5.43 Å². The first-order valence-electron chi connectivity index (χ1n) is 6.19. The summed E-state index contributed by atoms with van der Waals surface area (Å²) in [6.07, 6.45) is 7.17. The van der Waals surface area contributed by atoms with Crippen LogP contribution in [0.25, 0.3) is 11.0 Å². The van der Waals surface area contributed by atoms with Gasteiger partial charge in [-0.2, -0.15) is 0 Å². The van der Waals surface area contributed by atoms with Crippen LogP contribution in [0.2, 0.25) is 0 Å². The number of para-hydroxylation sites is 1. The largest absolute Gasteiger partial charge is 0.460 e. The van der Waals surface area contributed by atoms with Gasteiger partial charge >= 0.3 is 0 Å². The van der Waals surface area contributed by atoms with Crippen molar-refractivity contribution in [2.24, 2.45) is 0 Å². The summed E-state index contributed by atoms with van der Waals surface area (Å²) in [6, 6.07) is 8.59. The smallest absolute Gasteiger partial charge is 0.192 e. The van der Waals surface area contributed by atoms with Crippen LogP contribution < -0.4 is 5.43 Å². The van der Waals surface area contributed by atoms with E-state index in [2.05, 4.69) is 0 Å². The van der Waals surface area contributed by atoms with Crippen molar-refractivity contribution in [3.05, 3.63) is 70.6 Å². The van der Waals surface area contributed by atoms with Gasteiger partial charge in [0.2, 0.25) is 0 Å². The zero-order valence-electron chi connectivity index (χ0n) is 10.5. The number of hydrogen-bond acceptors (Lipinski definition) is 3. The minimum Gasteiger partial charge on any atom is -0.460 e. The molecule has 0 saturated heterocycles. The second-order valence-electron chi connectivity index (χ2n) is 4.96. The molecule has 1 aromatic carbocycles. The maximum Gasteiger partial charge on any atom is 0.192 e. The van der Waals surface area contributed by atoms with Gasteiger partial charge in [0.25, 0.3) is 0 Å². The maximum atomic E-state index is 12.1. The first kappa shape index (κ1) is 11.9. The van der Waals surface area contributed by atoms with Crippen molar-refractivity contribution in [3.8, 4) is 0 Å². The van der Waals surface area contributed by atoms with Gasteiger partial charge in [-0.15, -0.1) is 0 Å². The van der Waals surface area contributed by atoms with E-state index in [0.29, 0.717) is 16.7 Å². The number of benzene rings is 1. The average molecular weight is 254 g/mol. The average Bonchev–Trinajstić information content (AvgIpc) is 2.38. The minimum absolute atomic E-state index is 0.0874. The van der Waals surface area contributed by atoms with Crippen molar-refractivity contribution < 1.29 is 9.52 Å². The molecule has 1 aromatic heterocycles. The van der Waals surface area contributed by atoms with Crippen LogP contribution in [0.4, 0.5) is 0 Å². The van der Waals surface area contributed by atoms with E-state index in [1.807, 2.05) is 18.2 Å². The van der Waals surface area contributed by atoms with E-state index in [1.165, 1.54) is 6.07 Å². The van der Waals surface area contributed by atoms with Gasteiger partial charge in [-0.05, 0) is 19.1 Å². The normalized spacial score (nSPS) is 25.9. The van der Waals surface area contributed by atoms with E-state index in [-0.39, 0.29) is 11.3 Å². The molecule has 1 heterocycles. The number of hydrogen-bond donors (Lipinski definition) is 1. The number of fused-ring (bicyclic) bond motifs is 1. The third kappa shape index (κ3) is 2.02. The molecule has 0 bridgehead atoms. The molecule has 2 aromatic rings. The molecule has 2 atom stereocenters. The van der Waals surface area contributed by atoms with E-state index < -0.39 is 5.60 Å². The predicted octanol–water partition coefficient (Wildman–Crippen LogP) is 2.75. The van der Waals surface area contributed by atoms with Crippen molar-refractivity contribution in [1.82, 2.24) is 0 Å². The second kappa shape index (κ2) is 4.21. The summed E-state index contributed by atoms with van der Waals surface area (Å²) < 4.78 is 5.77. The molecule has 0 spiro atoms. The van der Waals surface area contributed by atoms with Gasteiger partial charge in [0, 0.05) is 6.07 Å². The van der Waals surface area contributed by atoms with E-state index in [1.54, 1.807) is 37.3 Å². The highest BCUT2D eigenvalue weighted by Crippen LogP contribution is 2.33. The molecule has 96 valence electrons. The lowest BCUT2D eigenvalue weighted by Gasteiger charge is -2.28.